The van der Waals surface area contributed by atoms with Crippen molar-refractivity contribution in [2.45, 2.75) is 13.0 Å². The molecule has 0 radical (unpaired) electrons. The third kappa shape index (κ3) is 4.14. The van der Waals surface area contributed by atoms with Crippen LogP contribution >= 0.6 is 0 Å². The first-order valence-electron chi connectivity index (χ1n) is 6.48. The Bertz CT molecular complexity index is 626. The minimum Gasteiger partial charge on any atom is -0.331 e. The number of urea groups is 1. The Balaban J connectivity index is 1.92. The summed E-state index contributed by atoms with van der Waals surface area (Å²) in [5.41, 5.74) is 1.15. The van der Waals surface area contributed by atoms with Gasteiger partial charge in [0.05, 0.1) is 6.04 Å². The molecular formula is C16H15FN2O2. The van der Waals surface area contributed by atoms with Crippen molar-refractivity contribution in [1.29, 1.82) is 0 Å². The molecule has 0 fully saturated rings. The van der Waals surface area contributed by atoms with Crippen molar-refractivity contribution < 1.29 is 14.0 Å². The third-order valence-corrected chi connectivity index (χ3v) is 2.98. The van der Waals surface area contributed by atoms with Crippen molar-refractivity contribution in [3.63, 3.8) is 0 Å². The van der Waals surface area contributed by atoms with Gasteiger partial charge >= 0.3 is 6.03 Å². The lowest BCUT2D eigenvalue weighted by Crippen LogP contribution is -2.40. The smallest absolute Gasteiger partial charge is 0.322 e. The predicted octanol–water partition coefficient (Wildman–Crippen LogP) is 3.03. The van der Waals surface area contributed by atoms with E-state index in [-0.39, 0.29) is 11.6 Å². The first-order chi connectivity index (χ1) is 10.1. The molecule has 0 unspecified atom stereocenters. The summed E-state index contributed by atoms with van der Waals surface area (Å²) in [6.07, 6.45) is 0. The number of carbonyl (C=O) groups excluding carboxylic acids is 2. The van der Waals surface area contributed by atoms with Gasteiger partial charge in [-0.25, -0.2) is 9.18 Å². The molecule has 21 heavy (non-hydrogen) atoms. The zero-order chi connectivity index (χ0) is 15.2. The number of amides is 3. The fraction of sp³-hybridized carbons (Fsp3) is 0.125. The maximum atomic E-state index is 12.8. The Morgan fingerprint density at radius 2 is 1.62 bits per heavy atom. The zero-order valence-corrected chi connectivity index (χ0v) is 11.5. The highest BCUT2D eigenvalue weighted by atomic mass is 19.1. The molecule has 2 rings (SSSR count). The number of benzene rings is 2. The van der Waals surface area contributed by atoms with E-state index in [1.807, 2.05) is 37.3 Å². The molecule has 0 saturated carbocycles. The summed E-state index contributed by atoms with van der Waals surface area (Å²) in [6, 6.07) is 13.5. The number of hydrogen-bond donors (Lipinski definition) is 2. The van der Waals surface area contributed by atoms with Crippen LogP contribution in [-0.2, 0) is 0 Å². The van der Waals surface area contributed by atoms with Gasteiger partial charge in [0.25, 0.3) is 5.91 Å². The van der Waals surface area contributed by atoms with Crippen molar-refractivity contribution in [2.75, 3.05) is 0 Å². The van der Waals surface area contributed by atoms with E-state index in [0.717, 1.165) is 5.56 Å². The molecule has 0 aliphatic heterocycles. The molecule has 108 valence electrons. The van der Waals surface area contributed by atoms with Crippen molar-refractivity contribution in [2.24, 2.45) is 0 Å². The lowest BCUT2D eigenvalue weighted by molar-refractivity contribution is 0.0963. The topological polar surface area (TPSA) is 58.2 Å². The monoisotopic (exact) mass is 286 g/mol. The Morgan fingerprint density at radius 3 is 2.24 bits per heavy atom. The van der Waals surface area contributed by atoms with Gasteiger partial charge in [-0.15, -0.1) is 0 Å². The molecule has 2 aromatic carbocycles. The number of hydrogen-bond acceptors (Lipinski definition) is 2. The largest absolute Gasteiger partial charge is 0.331 e. The van der Waals surface area contributed by atoms with E-state index in [1.54, 1.807) is 0 Å². The maximum Gasteiger partial charge on any atom is 0.322 e. The van der Waals surface area contributed by atoms with E-state index in [0.29, 0.717) is 0 Å². The van der Waals surface area contributed by atoms with Crippen molar-refractivity contribution in [1.82, 2.24) is 10.6 Å². The van der Waals surface area contributed by atoms with Gasteiger partial charge in [-0.3, -0.25) is 10.1 Å². The minimum atomic E-state index is -0.597. The number of imide groups is 1. The van der Waals surface area contributed by atoms with Gasteiger partial charge in [0, 0.05) is 5.56 Å². The molecule has 2 N–H and O–H groups in total. The molecule has 0 heterocycles. The van der Waals surface area contributed by atoms with Crippen LogP contribution in [0.1, 0.15) is 28.9 Å². The van der Waals surface area contributed by atoms with Gasteiger partial charge in [0.2, 0.25) is 0 Å². The average molecular weight is 286 g/mol. The molecular weight excluding hydrogens is 271 g/mol. The van der Waals surface area contributed by atoms with Crippen molar-refractivity contribution >= 4 is 11.9 Å². The second-order valence-electron chi connectivity index (χ2n) is 4.57. The highest BCUT2D eigenvalue weighted by Gasteiger charge is 2.13. The van der Waals surface area contributed by atoms with Crippen molar-refractivity contribution in [3.8, 4) is 0 Å². The summed E-state index contributed by atoms with van der Waals surface area (Å²) in [5.74, 6) is -1.01. The molecule has 0 saturated heterocycles. The van der Waals surface area contributed by atoms with Crippen LogP contribution in [0.5, 0.6) is 0 Å². The number of rotatable bonds is 3. The Morgan fingerprint density at radius 1 is 1.00 bits per heavy atom. The molecule has 0 bridgehead atoms. The first kappa shape index (κ1) is 14.7. The van der Waals surface area contributed by atoms with Crippen molar-refractivity contribution in [3.05, 3.63) is 71.5 Å². The number of nitrogens with one attached hydrogen (secondary N) is 2. The predicted molar refractivity (Wildman–Crippen MR) is 77.3 cm³/mol. The quantitative estimate of drug-likeness (QED) is 0.911. The average Bonchev–Trinajstić information content (AvgIpc) is 2.48. The van der Waals surface area contributed by atoms with Gasteiger partial charge in [0.15, 0.2) is 0 Å². The van der Waals surface area contributed by atoms with Crippen LogP contribution in [0.3, 0.4) is 0 Å². The summed E-state index contributed by atoms with van der Waals surface area (Å²) in [7, 11) is 0. The Labute approximate surface area is 122 Å². The molecule has 0 spiro atoms. The summed E-state index contributed by atoms with van der Waals surface area (Å²) in [4.78, 5) is 23.6. The number of carbonyl (C=O) groups is 2. The molecule has 1 atom stereocenters. The molecule has 0 aliphatic rings. The highest BCUT2D eigenvalue weighted by Crippen LogP contribution is 2.10. The fourth-order valence-electron chi connectivity index (χ4n) is 1.83. The van der Waals surface area contributed by atoms with Gasteiger partial charge in [-0.2, -0.15) is 0 Å². The third-order valence-electron chi connectivity index (χ3n) is 2.98. The molecule has 0 aliphatic carbocycles. The van der Waals surface area contributed by atoms with E-state index in [1.165, 1.54) is 24.3 Å². The Kier molecular flexibility index (Phi) is 4.66. The van der Waals surface area contributed by atoms with E-state index in [2.05, 4.69) is 10.6 Å². The zero-order valence-electron chi connectivity index (χ0n) is 11.5. The summed E-state index contributed by atoms with van der Waals surface area (Å²) >= 11 is 0. The lowest BCUT2D eigenvalue weighted by Gasteiger charge is -2.14. The SMILES string of the molecule is C[C@H](NC(=O)NC(=O)c1ccc(F)cc1)c1ccccc1. The molecule has 4 nitrogen and oxygen atoms in total. The fourth-order valence-corrected chi connectivity index (χ4v) is 1.83. The molecule has 5 heteroatoms. The van der Waals surface area contributed by atoms with E-state index in [9.17, 15) is 14.0 Å². The minimum absolute atomic E-state index is 0.221. The van der Waals surface area contributed by atoms with E-state index < -0.39 is 17.8 Å². The van der Waals surface area contributed by atoms with Gasteiger partial charge < -0.3 is 5.32 Å². The van der Waals surface area contributed by atoms with Crippen LogP contribution in [0.4, 0.5) is 9.18 Å². The summed E-state index contributed by atoms with van der Waals surface area (Å²) < 4.78 is 12.8. The molecule has 3 amide bonds. The van der Waals surface area contributed by atoms with Crippen LogP contribution < -0.4 is 10.6 Å². The Hall–Kier alpha value is -2.69. The van der Waals surface area contributed by atoms with E-state index in [4.69, 9.17) is 0 Å². The first-order valence-corrected chi connectivity index (χ1v) is 6.48. The van der Waals surface area contributed by atoms with Gasteiger partial charge in [-0.05, 0) is 36.8 Å². The standard InChI is InChI=1S/C16H15FN2O2/c1-11(12-5-3-2-4-6-12)18-16(21)19-15(20)13-7-9-14(17)10-8-13/h2-11H,1H3,(H2,18,19,20,21)/t11-/m0/s1. The summed E-state index contributed by atoms with van der Waals surface area (Å²) in [5, 5.41) is 4.87. The highest BCUT2D eigenvalue weighted by molar-refractivity contribution is 6.04. The normalized spacial score (nSPS) is 11.5. The second-order valence-corrected chi connectivity index (χ2v) is 4.57. The maximum absolute atomic E-state index is 12.8. The van der Waals surface area contributed by atoms with Gasteiger partial charge in [0.1, 0.15) is 5.82 Å². The summed E-state index contributed by atoms with van der Waals surface area (Å²) in [6.45, 7) is 1.82. The van der Waals surface area contributed by atoms with Crippen LogP contribution in [0, 0.1) is 5.82 Å². The molecule has 2 aromatic rings. The van der Waals surface area contributed by atoms with E-state index >= 15 is 0 Å². The second kappa shape index (κ2) is 6.65. The van der Waals surface area contributed by atoms with Crippen LogP contribution in [0.15, 0.2) is 54.6 Å². The molecule has 0 aromatic heterocycles. The number of halogens is 1. The van der Waals surface area contributed by atoms with Crippen LogP contribution in [0.25, 0.3) is 0 Å². The van der Waals surface area contributed by atoms with Crippen LogP contribution in [-0.4, -0.2) is 11.9 Å². The lowest BCUT2D eigenvalue weighted by atomic mass is 10.1. The van der Waals surface area contributed by atoms with Gasteiger partial charge in [-0.1, -0.05) is 30.3 Å². The van der Waals surface area contributed by atoms with Crippen LogP contribution in [0.2, 0.25) is 0 Å².